The molecular formula is C21H21BrClN5. The first kappa shape index (κ1) is 19.4. The maximum Gasteiger partial charge on any atom is 0.178 e. The summed E-state index contributed by atoms with van der Waals surface area (Å²) < 4.78 is 2.99. The lowest BCUT2D eigenvalue weighted by Crippen LogP contribution is -2.22. The van der Waals surface area contributed by atoms with E-state index in [-0.39, 0.29) is 6.04 Å². The first-order valence-electron chi connectivity index (χ1n) is 9.57. The lowest BCUT2D eigenvalue weighted by molar-refractivity contribution is 0.226. The molecule has 3 aromatic heterocycles. The topological polar surface area (TPSA) is 67.4 Å². The highest BCUT2D eigenvalue weighted by Crippen LogP contribution is 2.40. The van der Waals surface area contributed by atoms with Gasteiger partial charge in [-0.2, -0.15) is 5.26 Å². The van der Waals surface area contributed by atoms with Gasteiger partial charge in [-0.25, -0.2) is 9.97 Å². The van der Waals surface area contributed by atoms with Crippen LogP contribution in [0.25, 0.3) is 22.3 Å². The predicted molar refractivity (Wildman–Crippen MR) is 114 cm³/mol. The minimum Gasteiger partial charge on any atom is -0.314 e. The van der Waals surface area contributed by atoms with Crippen molar-refractivity contribution in [2.75, 3.05) is 0 Å². The van der Waals surface area contributed by atoms with E-state index in [1.807, 2.05) is 6.07 Å². The van der Waals surface area contributed by atoms with Crippen LogP contribution >= 0.6 is 27.5 Å². The number of hydrogen-bond donors (Lipinski definition) is 0. The number of nitriles is 1. The maximum absolute atomic E-state index is 9.44. The fourth-order valence-corrected chi connectivity index (χ4v) is 5.11. The Morgan fingerprint density at radius 3 is 2.64 bits per heavy atom. The quantitative estimate of drug-likeness (QED) is 0.471. The summed E-state index contributed by atoms with van der Waals surface area (Å²) >= 11 is 9.83. The van der Waals surface area contributed by atoms with Crippen LogP contribution in [-0.4, -0.2) is 19.5 Å². The molecule has 1 aliphatic rings. The van der Waals surface area contributed by atoms with Crippen molar-refractivity contribution in [1.29, 1.82) is 5.26 Å². The second-order valence-electron chi connectivity index (χ2n) is 7.74. The Hall–Kier alpha value is -1.97. The van der Waals surface area contributed by atoms with Crippen molar-refractivity contribution in [3.05, 3.63) is 40.0 Å². The van der Waals surface area contributed by atoms with Gasteiger partial charge in [0.15, 0.2) is 4.73 Å². The van der Waals surface area contributed by atoms with E-state index in [2.05, 4.69) is 50.4 Å². The number of nitrogens with zero attached hydrogens (tertiary/aromatic N) is 5. The zero-order chi connectivity index (χ0) is 19.8. The molecule has 3 heterocycles. The van der Waals surface area contributed by atoms with Crippen LogP contribution in [0.2, 0.25) is 5.02 Å². The minimum absolute atomic E-state index is 0.271. The molecule has 0 unspecified atom stereocenters. The average molecular weight is 459 g/mol. The van der Waals surface area contributed by atoms with Gasteiger partial charge in [0.25, 0.3) is 0 Å². The second kappa shape index (κ2) is 7.81. The van der Waals surface area contributed by atoms with E-state index in [1.54, 1.807) is 18.5 Å². The highest BCUT2D eigenvalue weighted by atomic mass is 79.9. The third kappa shape index (κ3) is 3.54. The molecule has 0 N–H and O–H groups in total. The minimum atomic E-state index is 0.271. The molecule has 0 bridgehead atoms. The molecule has 0 amide bonds. The van der Waals surface area contributed by atoms with Gasteiger partial charge in [-0.1, -0.05) is 31.4 Å². The molecule has 0 aliphatic heterocycles. The van der Waals surface area contributed by atoms with E-state index >= 15 is 0 Å². The van der Waals surface area contributed by atoms with Crippen LogP contribution in [-0.2, 0) is 0 Å². The van der Waals surface area contributed by atoms with Crippen LogP contribution in [0.1, 0.15) is 51.3 Å². The number of fused-ring (bicyclic) bond motifs is 1. The molecule has 0 radical (unpaired) electrons. The lowest BCUT2D eigenvalue weighted by Gasteiger charge is -2.32. The Bertz CT molecular complexity index is 1060. The van der Waals surface area contributed by atoms with Gasteiger partial charge in [0.05, 0.1) is 21.7 Å². The number of imidazole rings is 1. The van der Waals surface area contributed by atoms with Gasteiger partial charge < -0.3 is 4.57 Å². The van der Waals surface area contributed by atoms with Gasteiger partial charge in [0.1, 0.15) is 11.8 Å². The van der Waals surface area contributed by atoms with Crippen molar-refractivity contribution in [1.82, 2.24) is 19.5 Å². The largest absolute Gasteiger partial charge is 0.314 e. The fraction of sp³-hybridized carbons (Fsp3) is 0.429. The molecule has 5 nitrogen and oxygen atoms in total. The lowest BCUT2D eigenvalue weighted by atomic mass is 9.79. The van der Waals surface area contributed by atoms with Crippen molar-refractivity contribution < 1.29 is 0 Å². The Morgan fingerprint density at radius 2 is 1.96 bits per heavy atom. The third-order valence-corrected chi connectivity index (χ3v) is 6.63. The first-order chi connectivity index (χ1) is 13.5. The summed E-state index contributed by atoms with van der Waals surface area (Å²) in [5, 5.41) is 9.97. The second-order valence-corrected chi connectivity index (χ2v) is 8.88. The molecular weight excluding hydrogens is 438 g/mol. The Morgan fingerprint density at radius 1 is 1.21 bits per heavy atom. The van der Waals surface area contributed by atoms with E-state index in [1.165, 1.54) is 25.7 Å². The molecule has 0 saturated heterocycles. The number of pyridine rings is 2. The van der Waals surface area contributed by atoms with E-state index in [4.69, 9.17) is 16.6 Å². The van der Waals surface area contributed by atoms with Crippen molar-refractivity contribution in [3.63, 3.8) is 0 Å². The summed E-state index contributed by atoms with van der Waals surface area (Å²) in [6, 6.07) is 5.98. The van der Waals surface area contributed by atoms with E-state index in [0.29, 0.717) is 22.3 Å². The van der Waals surface area contributed by atoms with Gasteiger partial charge in [0.2, 0.25) is 0 Å². The Balaban J connectivity index is 1.90. The van der Waals surface area contributed by atoms with Gasteiger partial charge in [0, 0.05) is 30.1 Å². The summed E-state index contributed by atoms with van der Waals surface area (Å²) in [6.07, 6.45) is 8.28. The Labute approximate surface area is 177 Å². The van der Waals surface area contributed by atoms with Gasteiger partial charge in [-0.05, 0) is 53.6 Å². The standard InChI is InChI=1S/C21H21BrClN5/c1-12-3-5-14(6-4-12)13(2)28-20-18(27-21(28)22)8-17(9-24)26-19(20)15-7-16(23)11-25-10-15/h7-8,10-14H,3-6H2,1-2H3/t12?,13-,14?/m1/s1. The summed E-state index contributed by atoms with van der Waals surface area (Å²) in [7, 11) is 0. The van der Waals surface area contributed by atoms with Crippen molar-refractivity contribution in [2.24, 2.45) is 11.8 Å². The molecule has 0 aromatic carbocycles. The molecule has 1 atom stereocenters. The monoisotopic (exact) mass is 457 g/mol. The zero-order valence-electron chi connectivity index (χ0n) is 15.9. The molecule has 7 heteroatoms. The van der Waals surface area contributed by atoms with Crippen LogP contribution in [0.15, 0.2) is 29.3 Å². The van der Waals surface area contributed by atoms with Crippen LogP contribution < -0.4 is 0 Å². The average Bonchev–Trinajstić information content (AvgIpc) is 3.02. The van der Waals surface area contributed by atoms with E-state index in [0.717, 1.165) is 27.2 Å². The molecule has 0 spiro atoms. The number of aromatic nitrogens is 4. The SMILES string of the molecule is CC1CCC([C@@H](C)n2c(Br)nc3cc(C#N)nc(-c4cncc(Cl)c4)c32)CC1. The van der Waals surface area contributed by atoms with Crippen LogP contribution in [0.5, 0.6) is 0 Å². The highest BCUT2D eigenvalue weighted by molar-refractivity contribution is 9.10. The molecule has 4 rings (SSSR count). The smallest absolute Gasteiger partial charge is 0.178 e. The molecule has 144 valence electrons. The first-order valence-corrected chi connectivity index (χ1v) is 10.7. The number of rotatable bonds is 3. The summed E-state index contributed by atoms with van der Waals surface area (Å²) in [6.45, 7) is 4.59. The van der Waals surface area contributed by atoms with Crippen molar-refractivity contribution in [3.8, 4) is 17.3 Å². The Kier molecular flexibility index (Phi) is 5.39. The fourth-order valence-electron chi connectivity index (χ4n) is 4.24. The zero-order valence-corrected chi connectivity index (χ0v) is 18.2. The molecule has 1 aliphatic carbocycles. The molecule has 1 saturated carbocycles. The number of hydrogen-bond acceptors (Lipinski definition) is 4. The third-order valence-electron chi connectivity index (χ3n) is 5.87. The maximum atomic E-state index is 9.44. The molecule has 1 fully saturated rings. The van der Waals surface area contributed by atoms with Gasteiger partial charge >= 0.3 is 0 Å². The van der Waals surface area contributed by atoms with Crippen LogP contribution in [0, 0.1) is 23.2 Å². The van der Waals surface area contributed by atoms with Crippen molar-refractivity contribution in [2.45, 2.75) is 45.6 Å². The highest BCUT2D eigenvalue weighted by Gasteiger charge is 2.28. The van der Waals surface area contributed by atoms with Gasteiger partial charge in [-0.15, -0.1) is 0 Å². The number of halogens is 2. The van der Waals surface area contributed by atoms with Gasteiger partial charge in [-0.3, -0.25) is 4.98 Å². The van der Waals surface area contributed by atoms with E-state index < -0.39 is 0 Å². The molecule has 28 heavy (non-hydrogen) atoms. The predicted octanol–water partition coefficient (Wildman–Crippen LogP) is 6.17. The van der Waals surface area contributed by atoms with Crippen LogP contribution in [0.4, 0.5) is 0 Å². The van der Waals surface area contributed by atoms with Crippen LogP contribution in [0.3, 0.4) is 0 Å². The normalized spacial score (nSPS) is 20.8. The van der Waals surface area contributed by atoms with Crippen molar-refractivity contribution >= 4 is 38.6 Å². The van der Waals surface area contributed by atoms with E-state index in [9.17, 15) is 5.26 Å². The summed E-state index contributed by atoms with van der Waals surface area (Å²) in [5.74, 6) is 1.39. The molecule has 3 aromatic rings. The summed E-state index contributed by atoms with van der Waals surface area (Å²) in [5.41, 5.74) is 3.48. The summed E-state index contributed by atoms with van der Waals surface area (Å²) in [4.78, 5) is 13.5.